The monoisotopic (exact) mass is 309 g/mol. The lowest BCUT2D eigenvalue weighted by Crippen LogP contribution is -2.15. The maximum atomic E-state index is 5.97. The minimum Gasteiger partial charge on any atom is -0.480 e. The molecule has 1 aliphatic heterocycles. The number of aryl methyl sites for hydroxylation is 1. The summed E-state index contributed by atoms with van der Waals surface area (Å²) in [7, 11) is 1.79. The zero-order chi connectivity index (χ0) is 15.6. The third kappa shape index (κ3) is 2.61. The smallest absolute Gasteiger partial charge is 0.268 e. The van der Waals surface area contributed by atoms with Gasteiger partial charge in [-0.05, 0) is 24.5 Å². The van der Waals surface area contributed by atoms with E-state index in [1.165, 1.54) is 11.9 Å². The number of ether oxygens (including phenoxy) is 1. The Morgan fingerprint density at radius 1 is 1.22 bits per heavy atom. The van der Waals surface area contributed by atoms with E-state index >= 15 is 0 Å². The van der Waals surface area contributed by atoms with Gasteiger partial charge in [-0.1, -0.05) is 23.4 Å². The SMILES string of the molecule is CNc1cc(-c2noc(C3CCc4ccccc4O3)n2)ncn1. The molecule has 0 saturated heterocycles. The number of nitrogens with one attached hydrogen (secondary N) is 1. The van der Waals surface area contributed by atoms with Gasteiger partial charge in [0.2, 0.25) is 5.82 Å². The number of hydrogen-bond acceptors (Lipinski definition) is 7. The largest absolute Gasteiger partial charge is 0.480 e. The molecule has 0 bridgehead atoms. The predicted molar refractivity (Wildman–Crippen MR) is 83.0 cm³/mol. The molecule has 0 spiro atoms. The zero-order valence-corrected chi connectivity index (χ0v) is 12.6. The molecule has 0 radical (unpaired) electrons. The van der Waals surface area contributed by atoms with Gasteiger partial charge in [-0.2, -0.15) is 4.98 Å². The molecule has 1 atom stereocenters. The van der Waals surface area contributed by atoms with Crippen LogP contribution in [0, 0.1) is 0 Å². The van der Waals surface area contributed by atoms with E-state index in [-0.39, 0.29) is 6.10 Å². The maximum Gasteiger partial charge on any atom is 0.268 e. The van der Waals surface area contributed by atoms with E-state index < -0.39 is 0 Å². The van der Waals surface area contributed by atoms with Gasteiger partial charge in [-0.15, -0.1) is 0 Å². The summed E-state index contributed by atoms with van der Waals surface area (Å²) in [6.45, 7) is 0. The highest BCUT2D eigenvalue weighted by Gasteiger charge is 2.26. The Hall–Kier alpha value is -2.96. The van der Waals surface area contributed by atoms with Crippen molar-refractivity contribution in [1.29, 1.82) is 0 Å². The lowest BCUT2D eigenvalue weighted by atomic mass is 10.0. The number of para-hydroxylation sites is 1. The predicted octanol–water partition coefficient (Wildman–Crippen LogP) is 2.63. The Balaban J connectivity index is 1.59. The van der Waals surface area contributed by atoms with Crippen LogP contribution in [0.1, 0.15) is 24.0 Å². The molecule has 3 aromatic rings. The van der Waals surface area contributed by atoms with Crippen molar-refractivity contribution < 1.29 is 9.26 Å². The lowest BCUT2D eigenvalue weighted by molar-refractivity contribution is 0.135. The Kier molecular flexibility index (Phi) is 3.38. The highest BCUT2D eigenvalue weighted by Crippen LogP contribution is 2.34. The molecule has 1 aromatic carbocycles. The van der Waals surface area contributed by atoms with E-state index in [0.717, 1.165) is 18.6 Å². The Morgan fingerprint density at radius 3 is 3.04 bits per heavy atom. The van der Waals surface area contributed by atoms with Crippen LogP contribution in [0.3, 0.4) is 0 Å². The molecule has 0 fully saturated rings. The quantitative estimate of drug-likeness (QED) is 0.795. The van der Waals surface area contributed by atoms with Gasteiger partial charge in [0.15, 0.2) is 6.10 Å². The summed E-state index contributed by atoms with van der Waals surface area (Å²) in [5.41, 5.74) is 1.81. The fourth-order valence-corrected chi connectivity index (χ4v) is 2.58. The van der Waals surface area contributed by atoms with E-state index in [9.17, 15) is 0 Å². The molecule has 7 nitrogen and oxygen atoms in total. The minimum atomic E-state index is -0.225. The summed E-state index contributed by atoms with van der Waals surface area (Å²) < 4.78 is 11.4. The van der Waals surface area contributed by atoms with Crippen LogP contribution in [0.4, 0.5) is 5.82 Å². The van der Waals surface area contributed by atoms with Gasteiger partial charge in [0.1, 0.15) is 23.6 Å². The van der Waals surface area contributed by atoms with Gasteiger partial charge in [-0.25, -0.2) is 9.97 Å². The van der Waals surface area contributed by atoms with Crippen LogP contribution in [0.2, 0.25) is 0 Å². The zero-order valence-electron chi connectivity index (χ0n) is 12.6. The summed E-state index contributed by atoms with van der Waals surface area (Å²) in [4.78, 5) is 12.7. The van der Waals surface area contributed by atoms with Crippen molar-refractivity contribution in [2.24, 2.45) is 0 Å². The van der Waals surface area contributed by atoms with E-state index in [1.54, 1.807) is 13.1 Å². The second kappa shape index (κ2) is 5.68. The van der Waals surface area contributed by atoms with Crippen LogP contribution in [0.15, 0.2) is 41.2 Å². The lowest BCUT2D eigenvalue weighted by Gasteiger charge is -2.23. The van der Waals surface area contributed by atoms with E-state index in [4.69, 9.17) is 9.26 Å². The first-order valence-corrected chi connectivity index (χ1v) is 7.42. The topological polar surface area (TPSA) is 86.0 Å². The molecule has 4 rings (SSSR count). The first kappa shape index (κ1) is 13.7. The van der Waals surface area contributed by atoms with Crippen molar-refractivity contribution in [3.63, 3.8) is 0 Å². The second-order valence-electron chi connectivity index (χ2n) is 5.25. The summed E-state index contributed by atoms with van der Waals surface area (Å²) in [5, 5.41) is 6.97. The van der Waals surface area contributed by atoms with Crippen LogP contribution in [-0.4, -0.2) is 27.2 Å². The minimum absolute atomic E-state index is 0.225. The van der Waals surface area contributed by atoms with Crippen LogP contribution in [0.25, 0.3) is 11.5 Å². The molecule has 0 aliphatic carbocycles. The molecule has 1 unspecified atom stereocenters. The fourth-order valence-electron chi connectivity index (χ4n) is 2.58. The molecule has 3 heterocycles. The molecule has 23 heavy (non-hydrogen) atoms. The van der Waals surface area contributed by atoms with Crippen LogP contribution in [0.5, 0.6) is 5.75 Å². The van der Waals surface area contributed by atoms with Gasteiger partial charge in [0.05, 0.1) is 0 Å². The van der Waals surface area contributed by atoms with E-state index in [2.05, 4.69) is 31.5 Å². The van der Waals surface area contributed by atoms with E-state index in [1.807, 2.05) is 18.2 Å². The number of aromatic nitrogens is 4. The van der Waals surface area contributed by atoms with Crippen LogP contribution < -0.4 is 10.1 Å². The van der Waals surface area contributed by atoms with Gasteiger partial charge < -0.3 is 14.6 Å². The normalized spacial score (nSPS) is 16.5. The van der Waals surface area contributed by atoms with Gasteiger partial charge in [-0.3, -0.25) is 0 Å². The fraction of sp³-hybridized carbons (Fsp3) is 0.250. The molecule has 7 heteroatoms. The van der Waals surface area contributed by atoms with Crippen molar-refractivity contribution in [1.82, 2.24) is 20.1 Å². The highest BCUT2D eigenvalue weighted by atomic mass is 16.5. The summed E-state index contributed by atoms with van der Waals surface area (Å²) in [6, 6.07) is 9.78. The number of benzene rings is 1. The Labute approximate surface area is 132 Å². The third-order valence-corrected chi connectivity index (χ3v) is 3.79. The van der Waals surface area contributed by atoms with Crippen molar-refractivity contribution in [3.8, 4) is 17.3 Å². The highest BCUT2D eigenvalue weighted by molar-refractivity contribution is 5.53. The van der Waals surface area contributed by atoms with Gasteiger partial charge in [0, 0.05) is 13.1 Å². The van der Waals surface area contributed by atoms with Crippen molar-refractivity contribution >= 4 is 5.82 Å². The summed E-state index contributed by atoms with van der Waals surface area (Å²) >= 11 is 0. The first-order chi connectivity index (χ1) is 11.3. The number of hydrogen-bond donors (Lipinski definition) is 1. The second-order valence-corrected chi connectivity index (χ2v) is 5.25. The molecule has 116 valence electrons. The third-order valence-electron chi connectivity index (χ3n) is 3.79. The average Bonchev–Trinajstić information content (AvgIpc) is 3.11. The average molecular weight is 309 g/mol. The molecule has 0 saturated carbocycles. The van der Waals surface area contributed by atoms with Crippen molar-refractivity contribution in [2.75, 3.05) is 12.4 Å². The Morgan fingerprint density at radius 2 is 2.13 bits per heavy atom. The van der Waals surface area contributed by atoms with E-state index in [0.29, 0.717) is 23.2 Å². The summed E-state index contributed by atoms with van der Waals surface area (Å²) in [6.07, 6.45) is 2.97. The van der Waals surface area contributed by atoms with Crippen molar-refractivity contribution in [3.05, 3.63) is 48.1 Å². The Bertz CT molecular complexity index is 833. The molecule has 0 amide bonds. The van der Waals surface area contributed by atoms with Crippen LogP contribution in [-0.2, 0) is 6.42 Å². The molecule has 2 aromatic heterocycles. The number of fused-ring (bicyclic) bond motifs is 1. The van der Waals surface area contributed by atoms with Crippen LogP contribution >= 0.6 is 0 Å². The number of anilines is 1. The number of nitrogens with zero attached hydrogens (tertiary/aromatic N) is 4. The van der Waals surface area contributed by atoms with Crippen molar-refractivity contribution in [2.45, 2.75) is 18.9 Å². The standard InChI is InChI=1S/C16H15N5O2/c1-17-14-8-11(18-9-19-14)15-20-16(23-21-15)13-7-6-10-4-2-3-5-12(10)22-13/h2-5,8-9,13H,6-7H2,1H3,(H,17,18,19). The molecular formula is C16H15N5O2. The maximum absolute atomic E-state index is 5.97. The summed E-state index contributed by atoms with van der Waals surface area (Å²) in [5.74, 6) is 2.48. The van der Waals surface area contributed by atoms with Gasteiger partial charge in [0.25, 0.3) is 5.89 Å². The number of rotatable bonds is 3. The molecule has 1 aliphatic rings. The molecular weight excluding hydrogens is 294 g/mol. The van der Waals surface area contributed by atoms with Gasteiger partial charge >= 0.3 is 0 Å². The molecule has 1 N–H and O–H groups in total. The first-order valence-electron chi connectivity index (χ1n) is 7.42.